The van der Waals surface area contributed by atoms with Gasteiger partial charge in [0.2, 0.25) is 0 Å². The van der Waals surface area contributed by atoms with Gasteiger partial charge in [-0.15, -0.1) is 0 Å². The fraction of sp³-hybridized carbons (Fsp3) is 0.600. The molecule has 1 aromatic carbocycles. The molecule has 0 bridgehead atoms. The molecule has 1 aliphatic rings. The van der Waals surface area contributed by atoms with E-state index in [9.17, 15) is 0 Å². The van der Waals surface area contributed by atoms with Crippen LogP contribution in [0.5, 0.6) is 0 Å². The molecule has 17 heavy (non-hydrogen) atoms. The maximum absolute atomic E-state index is 5.67. The number of benzene rings is 1. The topological polar surface area (TPSA) is 9.23 Å². The van der Waals surface area contributed by atoms with Gasteiger partial charge in [-0.25, -0.2) is 0 Å². The van der Waals surface area contributed by atoms with Crippen LogP contribution >= 0.6 is 0 Å². The second-order valence-corrected chi connectivity index (χ2v) is 6.35. The van der Waals surface area contributed by atoms with Gasteiger partial charge in [0.25, 0.3) is 0 Å². The Bertz CT molecular complexity index is 409. The van der Waals surface area contributed by atoms with Crippen molar-refractivity contribution < 1.29 is 4.65 Å². The molecule has 92 valence electrons. The molecule has 0 aliphatic carbocycles. The third kappa shape index (κ3) is 2.57. The summed E-state index contributed by atoms with van der Waals surface area (Å²) in [5.74, 6) is 0.729. The highest BCUT2D eigenvalue weighted by Gasteiger charge is 2.27. The summed E-state index contributed by atoms with van der Waals surface area (Å²) in [6.45, 7) is 12.5. The fourth-order valence-corrected chi connectivity index (χ4v) is 2.97. The monoisotopic (exact) mass is 230 g/mol. The first-order valence-electron chi connectivity index (χ1n) is 6.65. The zero-order valence-corrected chi connectivity index (χ0v) is 11.7. The largest absolute Gasteiger partial charge is 0.427 e. The fourth-order valence-electron chi connectivity index (χ4n) is 2.97. The molecule has 0 saturated carbocycles. The van der Waals surface area contributed by atoms with Gasteiger partial charge in [0.15, 0.2) is 0 Å². The number of hydrogen-bond acceptors (Lipinski definition) is 1. The molecule has 0 N–H and O–H groups in total. The summed E-state index contributed by atoms with van der Waals surface area (Å²) in [4.78, 5) is 0. The summed E-state index contributed by atoms with van der Waals surface area (Å²) in [6.07, 6.45) is 1.22. The van der Waals surface area contributed by atoms with Crippen LogP contribution in [-0.2, 0) is 16.7 Å². The van der Waals surface area contributed by atoms with Crippen molar-refractivity contribution in [1.82, 2.24) is 0 Å². The Morgan fingerprint density at radius 2 is 2.06 bits per heavy atom. The lowest BCUT2D eigenvalue weighted by Crippen LogP contribution is -2.28. The lowest BCUT2D eigenvalue weighted by atomic mass is 9.63. The van der Waals surface area contributed by atoms with E-state index in [1.807, 2.05) is 0 Å². The summed E-state index contributed by atoms with van der Waals surface area (Å²) in [5.41, 5.74) is 4.45. The van der Waals surface area contributed by atoms with Gasteiger partial charge in [0.05, 0.1) is 6.61 Å². The second kappa shape index (κ2) is 4.49. The Balaban J connectivity index is 2.31. The molecule has 1 aromatic rings. The standard InChI is InChI=1S/C15H23BO/c1-11(2)9-15(3,4)13-7-6-12-10-17-16(5)14(12)8-13/h6-8,11H,9-10H2,1-5H3. The second-order valence-electron chi connectivity index (χ2n) is 6.35. The van der Waals surface area contributed by atoms with Gasteiger partial charge in [-0.2, -0.15) is 0 Å². The Morgan fingerprint density at radius 1 is 1.35 bits per heavy atom. The van der Waals surface area contributed by atoms with Gasteiger partial charge in [0, 0.05) is 0 Å². The van der Waals surface area contributed by atoms with Crippen LogP contribution in [0, 0.1) is 5.92 Å². The summed E-state index contributed by atoms with van der Waals surface area (Å²) >= 11 is 0. The van der Waals surface area contributed by atoms with Crippen LogP contribution in [0.15, 0.2) is 18.2 Å². The summed E-state index contributed by atoms with van der Waals surface area (Å²) in [7, 11) is 0. The van der Waals surface area contributed by atoms with E-state index in [0.29, 0.717) is 0 Å². The highest BCUT2D eigenvalue weighted by molar-refractivity contribution is 6.67. The van der Waals surface area contributed by atoms with Crippen molar-refractivity contribution in [2.24, 2.45) is 5.92 Å². The van der Waals surface area contributed by atoms with E-state index < -0.39 is 0 Å². The van der Waals surface area contributed by atoms with Crippen LogP contribution in [0.3, 0.4) is 0 Å². The summed E-state index contributed by atoms with van der Waals surface area (Å²) < 4.78 is 5.67. The van der Waals surface area contributed by atoms with E-state index in [1.54, 1.807) is 0 Å². The number of rotatable bonds is 3. The Labute approximate surface area is 106 Å². The summed E-state index contributed by atoms with van der Waals surface area (Å²) in [5, 5.41) is 0. The van der Waals surface area contributed by atoms with Crippen molar-refractivity contribution in [3.63, 3.8) is 0 Å². The van der Waals surface area contributed by atoms with E-state index in [2.05, 4.69) is 52.7 Å². The first-order chi connectivity index (χ1) is 7.90. The molecule has 0 spiro atoms. The predicted octanol–water partition coefficient (Wildman–Crippen LogP) is 3.37. The van der Waals surface area contributed by atoms with Crippen molar-refractivity contribution in [2.75, 3.05) is 0 Å². The highest BCUT2D eigenvalue weighted by atomic mass is 16.4. The molecule has 0 fully saturated rings. The summed E-state index contributed by atoms with van der Waals surface area (Å²) in [6, 6.07) is 6.88. The van der Waals surface area contributed by atoms with Gasteiger partial charge in [-0.3, -0.25) is 0 Å². The quantitative estimate of drug-likeness (QED) is 0.723. The van der Waals surface area contributed by atoms with Crippen molar-refractivity contribution in [2.45, 2.75) is 53.0 Å². The Hall–Kier alpha value is -0.755. The normalized spacial score (nSPS) is 15.5. The SMILES string of the molecule is CB1OCc2ccc(C(C)(C)CC(C)C)cc21. The average molecular weight is 230 g/mol. The van der Waals surface area contributed by atoms with Gasteiger partial charge < -0.3 is 4.65 Å². The van der Waals surface area contributed by atoms with E-state index in [1.165, 1.54) is 23.0 Å². The van der Waals surface area contributed by atoms with Crippen LogP contribution in [0.25, 0.3) is 0 Å². The van der Waals surface area contributed by atoms with Crippen LogP contribution < -0.4 is 5.46 Å². The minimum absolute atomic E-state index is 0.255. The zero-order chi connectivity index (χ0) is 12.6. The van der Waals surface area contributed by atoms with Crippen LogP contribution in [0.2, 0.25) is 6.82 Å². The number of hydrogen-bond donors (Lipinski definition) is 0. The van der Waals surface area contributed by atoms with Gasteiger partial charge in [0.1, 0.15) is 0 Å². The van der Waals surface area contributed by atoms with Crippen molar-refractivity contribution in [3.05, 3.63) is 29.3 Å². The highest BCUT2D eigenvalue weighted by Crippen LogP contribution is 2.30. The first-order valence-corrected chi connectivity index (χ1v) is 6.65. The minimum atomic E-state index is 0.255. The molecule has 1 nitrogen and oxygen atoms in total. The Morgan fingerprint density at radius 3 is 2.71 bits per heavy atom. The van der Waals surface area contributed by atoms with Crippen LogP contribution in [0.1, 0.15) is 45.2 Å². The van der Waals surface area contributed by atoms with E-state index in [4.69, 9.17) is 4.65 Å². The molecule has 0 radical (unpaired) electrons. The first kappa shape index (κ1) is 12.7. The van der Waals surface area contributed by atoms with Crippen LogP contribution in [-0.4, -0.2) is 6.92 Å². The smallest absolute Gasteiger partial charge is 0.324 e. The molecule has 0 atom stereocenters. The predicted molar refractivity (Wildman–Crippen MR) is 75.0 cm³/mol. The lowest BCUT2D eigenvalue weighted by molar-refractivity contribution is 0.333. The molecule has 1 aliphatic heterocycles. The molecule has 2 heteroatoms. The molecule has 0 unspecified atom stereocenters. The molecule has 0 saturated heterocycles. The van der Waals surface area contributed by atoms with Crippen molar-refractivity contribution >= 4 is 12.4 Å². The molecular formula is C15H23BO. The molecular weight excluding hydrogens is 207 g/mol. The third-order valence-corrected chi connectivity index (χ3v) is 3.77. The molecule has 0 aromatic heterocycles. The van der Waals surface area contributed by atoms with E-state index in [-0.39, 0.29) is 12.3 Å². The van der Waals surface area contributed by atoms with Crippen molar-refractivity contribution in [3.8, 4) is 0 Å². The number of fused-ring (bicyclic) bond motifs is 1. The van der Waals surface area contributed by atoms with Gasteiger partial charge in [-0.05, 0) is 34.3 Å². The lowest BCUT2D eigenvalue weighted by Gasteiger charge is -2.28. The molecule has 1 heterocycles. The zero-order valence-electron chi connectivity index (χ0n) is 11.7. The maximum atomic E-state index is 5.67. The minimum Gasteiger partial charge on any atom is -0.427 e. The Kier molecular flexibility index (Phi) is 3.35. The maximum Gasteiger partial charge on any atom is 0.324 e. The van der Waals surface area contributed by atoms with Gasteiger partial charge in [-0.1, -0.05) is 52.7 Å². The molecule has 2 rings (SSSR count). The molecule has 0 amide bonds. The third-order valence-electron chi connectivity index (χ3n) is 3.77. The van der Waals surface area contributed by atoms with Gasteiger partial charge >= 0.3 is 6.92 Å². The van der Waals surface area contributed by atoms with Crippen molar-refractivity contribution in [1.29, 1.82) is 0 Å². The average Bonchev–Trinajstić information content (AvgIpc) is 2.58. The van der Waals surface area contributed by atoms with Crippen LogP contribution in [0.4, 0.5) is 0 Å². The van der Waals surface area contributed by atoms with E-state index >= 15 is 0 Å². The van der Waals surface area contributed by atoms with E-state index in [0.717, 1.165) is 12.5 Å².